The summed E-state index contributed by atoms with van der Waals surface area (Å²) in [6, 6.07) is 14.4. The lowest BCUT2D eigenvalue weighted by molar-refractivity contribution is -0.118. The third-order valence-corrected chi connectivity index (χ3v) is 5.58. The highest BCUT2D eigenvalue weighted by Gasteiger charge is 2.24. The summed E-state index contributed by atoms with van der Waals surface area (Å²) >= 11 is 0. The Hall–Kier alpha value is -2.80. The summed E-state index contributed by atoms with van der Waals surface area (Å²) in [7, 11) is 0. The Morgan fingerprint density at radius 1 is 1.22 bits per heavy atom. The number of amides is 1. The van der Waals surface area contributed by atoms with Crippen LogP contribution >= 0.6 is 0 Å². The van der Waals surface area contributed by atoms with Gasteiger partial charge in [-0.25, -0.2) is 0 Å². The summed E-state index contributed by atoms with van der Waals surface area (Å²) in [4.78, 5) is 12.7. The fourth-order valence-corrected chi connectivity index (χ4v) is 3.99. The molecule has 140 valence electrons. The predicted molar refractivity (Wildman–Crippen MR) is 108 cm³/mol. The molecule has 1 heterocycles. The molecule has 1 saturated carbocycles. The van der Waals surface area contributed by atoms with E-state index in [0.717, 1.165) is 41.9 Å². The fourth-order valence-electron chi connectivity index (χ4n) is 3.99. The number of carbonyl (C=O) groups is 1. The zero-order chi connectivity index (χ0) is 19.4. The standard InChI is InChI=1S/C23H27N3O/c1-16-9-7-8-12-22(16)25-23(27)20(15-24)14-19-13-17(2)26(18(19)3)21-10-5-4-6-11-21/h4-6,10-11,13-14,16,22H,7-9,12H2,1-3H3,(H,25,27)/b20-14+/t16-,22+/m1/s1. The number of hydrogen-bond donors (Lipinski definition) is 1. The maximum atomic E-state index is 12.7. The molecule has 4 nitrogen and oxygen atoms in total. The molecule has 3 rings (SSSR count). The van der Waals surface area contributed by atoms with E-state index < -0.39 is 0 Å². The lowest BCUT2D eigenvalue weighted by Crippen LogP contribution is -2.41. The number of benzene rings is 1. The van der Waals surface area contributed by atoms with Crippen molar-refractivity contribution in [3.63, 3.8) is 0 Å². The van der Waals surface area contributed by atoms with E-state index in [-0.39, 0.29) is 17.5 Å². The van der Waals surface area contributed by atoms with E-state index in [1.54, 1.807) is 6.08 Å². The van der Waals surface area contributed by atoms with Crippen molar-refractivity contribution in [1.82, 2.24) is 9.88 Å². The SMILES string of the molecule is Cc1cc(/C=C(\C#N)C(=O)N[C@H]2CCCC[C@H]2C)c(C)n1-c1ccccc1. The minimum atomic E-state index is -0.263. The van der Waals surface area contributed by atoms with E-state index in [2.05, 4.69) is 35.0 Å². The molecule has 0 radical (unpaired) electrons. The molecule has 2 aromatic rings. The molecule has 0 spiro atoms. The first-order valence-electron chi connectivity index (χ1n) is 9.68. The van der Waals surface area contributed by atoms with Crippen LogP contribution in [0.4, 0.5) is 0 Å². The molecule has 1 aromatic heterocycles. The quantitative estimate of drug-likeness (QED) is 0.634. The van der Waals surface area contributed by atoms with Crippen LogP contribution in [0.1, 0.15) is 49.6 Å². The first-order chi connectivity index (χ1) is 13.0. The number of nitrogens with zero attached hydrogens (tertiary/aromatic N) is 2. The van der Waals surface area contributed by atoms with Gasteiger partial charge in [0, 0.05) is 23.1 Å². The van der Waals surface area contributed by atoms with Crippen LogP contribution in [-0.4, -0.2) is 16.5 Å². The molecule has 1 N–H and O–H groups in total. The van der Waals surface area contributed by atoms with Crippen molar-refractivity contribution >= 4 is 12.0 Å². The number of nitrogens with one attached hydrogen (secondary N) is 1. The molecule has 1 aliphatic carbocycles. The van der Waals surface area contributed by atoms with Crippen molar-refractivity contribution < 1.29 is 4.79 Å². The summed E-state index contributed by atoms with van der Waals surface area (Å²) < 4.78 is 2.14. The number of aryl methyl sites for hydroxylation is 1. The molecule has 0 saturated heterocycles. The molecular weight excluding hydrogens is 334 g/mol. The van der Waals surface area contributed by atoms with Gasteiger partial charge in [-0.2, -0.15) is 5.26 Å². The highest BCUT2D eigenvalue weighted by molar-refractivity contribution is 6.02. The van der Waals surface area contributed by atoms with Crippen LogP contribution in [0.25, 0.3) is 11.8 Å². The third kappa shape index (κ3) is 4.14. The smallest absolute Gasteiger partial charge is 0.262 e. The first-order valence-corrected chi connectivity index (χ1v) is 9.68. The minimum absolute atomic E-state index is 0.166. The second-order valence-electron chi connectivity index (χ2n) is 7.51. The number of rotatable bonds is 4. The molecule has 1 fully saturated rings. The predicted octanol–water partition coefficient (Wildman–Crippen LogP) is 4.70. The number of hydrogen-bond acceptors (Lipinski definition) is 2. The van der Waals surface area contributed by atoms with Crippen molar-refractivity contribution in [2.75, 3.05) is 0 Å². The van der Waals surface area contributed by atoms with Gasteiger partial charge in [0.15, 0.2) is 0 Å². The van der Waals surface area contributed by atoms with Gasteiger partial charge in [0.2, 0.25) is 0 Å². The summed E-state index contributed by atoms with van der Waals surface area (Å²) in [5.41, 5.74) is 4.24. The summed E-state index contributed by atoms with van der Waals surface area (Å²) in [5, 5.41) is 12.6. The maximum absolute atomic E-state index is 12.7. The van der Waals surface area contributed by atoms with Crippen LogP contribution in [0.2, 0.25) is 0 Å². The average molecular weight is 361 g/mol. The van der Waals surface area contributed by atoms with E-state index in [4.69, 9.17) is 0 Å². The third-order valence-electron chi connectivity index (χ3n) is 5.58. The Morgan fingerprint density at radius 3 is 2.59 bits per heavy atom. The lowest BCUT2D eigenvalue weighted by Gasteiger charge is -2.29. The Labute approximate surface area is 161 Å². The number of para-hydroxylation sites is 1. The van der Waals surface area contributed by atoms with E-state index in [1.807, 2.05) is 38.1 Å². The van der Waals surface area contributed by atoms with Crippen LogP contribution in [0.3, 0.4) is 0 Å². The van der Waals surface area contributed by atoms with Gasteiger partial charge in [0.1, 0.15) is 11.6 Å². The number of carbonyl (C=O) groups excluding carboxylic acids is 1. The van der Waals surface area contributed by atoms with Crippen LogP contribution < -0.4 is 5.32 Å². The number of nitriles is 1. The van der Waals surface area contributed by atoms with Crippen LogP contribution in [0.15, 0.2) is 42.0 Å². The molecule has 0 aliphatic heterocycles. The highest BCUT2D eigenvalue weighted by atomic mass is 16.1. The molecule has 0 bridgehead atoms. The van der Waals surface area contributed by atoms with Crippen LogP contribution in [-0.2, 0) is 4.79 Å². The van der Waals surface area contributed by atoms with E-state index in [0.29, 0.717) is 5.92 Å². The van der Waals surface area contributed by atoms with Crippen LogP contribution in [0.5, 0.6) is 0 Å². The summed E-state index contributed by atoms with van der Waals surface area (Å²) in [6.07, 6.45) is 6.20. The molecular formula is C23H27N3O. The van der Waals surface area contributed by atoms with Gasteiger partial charge < -0.3 is 9.88 Å². The Morgan fingerprint density at radius 2 is 1.93 bits per heavy atom. The minimum Gasteiger partial charge on any atom is -0.348 e. The normalized spacial score (nSPS) is 20.1. The maximum Gasteiger partial charge on any atom is 0.262 e. The lowest BCUT2D eigenvalue weighted by atomic mass is 9.86. The van der Waals surface area contributed by atoms with Gasteiger partial charge in [-0.15, -0.1) is 0 Å². The molecule has 27 heavy (non-hydrogen) atoms. The van der Waals surface area contributed by atoms with E-state index in [9.17, 15) is 10.1 Å². The van der Waals surface area contributed by atoms with E-state index in [1.165, 1.54) is 6.42 Å². The van der Waals surface area contributed by atoms with Gasteiger partial charge >= 0.3 is 0 Å². The molecule has 1 amide bonds. The van der Waals surface area contributed by atoms with Crippen molar-refractivity contribution in [2.45, 2.75) is 52.5 Å². The Kier molecular flexibility index (Phi) is 5.81. The van der Waals surface area contributed by atoms with Gasteiger partial charge in [-0.05, 0) is 62.4 Å². The van der Waals surface area contributed by atoms with Crippen molar-refractivity contribution in [3.05, 3.63) is 58.9 Å². The second-order valence-corrected chi connectivity index (χ2v) is 7.51. The number of aromatic nitrogens is 1. The summed E-state index contributed by atoms with van der Waals surface area (Å²) in [5.74, 6) is 0.201. The van der Waals surface area contributed by atoms with Crippen molar-refractivity contribution in [1.29, 1.82) is 5.26 Å². The Balaban J connectivity index is 1.86. The van der Waals surface area contributed by atoms with Gasteiger partial charge in [-0.3, -0.25) is 4.79 Å². The van der Waals surface area contributed by atoms with Crippen molar-refractivity contribution in [2.24, 2.45) is 5.92 Å². The van der Waals surface area contributed by atoms with Gasteiger partial charge in [-0.1, -0.05) is 38.0 Å². The monoisotopic (exact) mass is 361 g/mol. The Bertz CT molecular complexity index is 886. The topological polar surface area (TPSA) is 57.8 Å². The van der Waals surface area contributed by atoms with E-state index >= 15 is 0 Å². The second kappa shape index (κ2) is 8.26. The zero-order valence-corrected chi connectivity index (χ0v) is 16.3. The average Bonchev–Trinajstić information content (AvgIpc) is 2.95. The first kappa shape index (κ1) is 19.0. The highest BCUT2D eigenvalue weighted by Crippen LogP contribution is 2.25. The summed E-state index contributed by atoms with van der Waals surface area (Å²) in [6.45, 7) is 6.22. The largest absolute Gasteiger partial charge is 0.348 e. The zero-order valence-electron chi connectivity index (χ0n) is 16.3. The van der Waals surface area contributed by atoms with Gasteiger partial charge in [0.25, 0.3) is 5.91 Å². The van der Waals surface area contributed by atoms with Gasteiger partial charge in [0.05, 0.1) is 0 Å². The molecule has 1 aliphatic rings. The van der Waals surface area contributed by atoms with Crippen LogP contribution in [0, 0.1) is 31.1 Å². The molecule has 4 heteroatoms. The molecule has 0 unspecified atom stereocenters. The fraction of sp³-hybridized carbons (Fsp3) is 0.391. The molecule has 1 aromatic carbocycles. The van der Waals surface area contributed by atoms with Crippen molar-refractivity contribution in [3.8, 4) is 11.8 Å². The molecule has 2 atom stereocenters.